The van der Waals surface area contributed by atoms with E-state index in [1.807, 2.05) is 6.08 Å². The van der Waals surface area contributed by atoms with E-state index in [0.29, 0.717) is 13.1 Å². The number of sulfonamides is 1. The topological polar surface area (TPSA) is 37.4 Å². The lowest BCUT2D eigenvalue weighted by atomic mass is 10.0. The van der Waals surface area contributed by atoms with Crippen molar-refractivity contribution in [3.63, 3.8) is 0 Å². The van der Waals surface area contributed by atoms with Crippen molar-refractivity contribution < 1.29 is 8.42 Å². The second-order valence-electron chi connectivity index (χ2n) is 3.86. The maximum atomic E-state index is 12.0. The zero-order chi connectivity index (χ0) is 10.2. The highest BCUT2D eigenvalue weighted by Gasteiger charge is 2.36. The molecule has 1 fully saturated rings. The fourth-order valence-electron chi connectivity index (χ4n) is 1.74. The number of halogens is 1. The van der Waals surface area contributed by atoms with Crippen molar-refractivity contribution >= 4 is 32.6 Å². The number of hydrogen-bond donors (Lipinski definition) is 0. The highest BCUT2D eigenvalue weighted by Crippen LogP contribution is 2.30. The van der Waals surface area contributed by atoms with E-state index in [0.717, 1.165) is 25.7 Å². The lowest BCUT2D eigenvalue weighted by molar-refractivity contribution is 0.395. The van der Waals surface area contributed by atoms with E-state index in [1.54, 1.807) is 4.31 Å². The van der Waals surface area contributed by atoms with E-state index in [-0.39, 0.29) is 5.25 Å². The summed E-state index contributed by atoms with van der Waals surface area (Å²) in [4.78, 5) is 0. The molecule has 0 aromatic rings. The van der Waals surface area contributed by atoms with Gasteiger partial charge in [0.05, 0.1) is 5.25 Å². The molecule has 0 atom stereocenters. The zero-order valence-corrected chi connectivity index (χ0v) is 10.9. The van der Waals surface area contributed by atoms with Gasteiger partial charge in [0, 0.05) is 13.1 Å². The maximum absolute atomic E-state index is 12.0. The van der Waals surface area contributed by atoms with Crippen molar-refractivity contribution in [1.82, 2.24) is 4.31 Å². The van der Waals surface area contributed by atoms with Crippen LogP contribution in [-0.2, 0) is 10.0 Å². The molecule has 0 bridgehead atoms. The lowest BCUT2D eigenvalue weighted by Crippen LogP contribution is -2.43. The number of nitrogens with zero attached hydrogens (tertiary/aromatic N) is 1. The van der Waals surface area contributed by atoms with Crippen molar-refractivity contribution in [2.45, 2.75) is 30.9 Å². The summed E-state index contributed by atoms with van der Waals surface area (Å²) in [5, 5.41) is -0.0772. The Morgan fingerprint density at radius 3 is 2.57 bits per heavy atom. The Hall–Kier alpha value is 0.380. The average Bonchev–Trinajstić information content (AvgIpc) is 2.00. The summed E-state index contributed by atoms with van der Waals surface area (Å²) in [5.74, 6) is 0. The van der Waals surface area contributed by atoms with E-state index in [1.165, 1.54) is 3.58 Å². The quantitative estimate of drug-likeness (QED) is 0.727. The fourth-order valence-corrected chi connectivity index (χ4v) is 4.15. The number of rotatable bonds is 2. The summed E-state index contributed by atoms with van der Waals surface area (Å²) < 4.78 is 26.9. The molecule has 0 unspecified atom stereocenters. The lowest BCUT2D eigenvalue weighted by Gasteiger charge is -2.33. The van der Waals surface area contributed by atoms with E-state index in [4.69, 9.17) is 0 Å². The van der Waals surface area contributed by atoms with Crippen LogP contribution in [0.15, 0.2) is 9.66 Å². The van der Waals surface area contributed by atoms with Crippen LogP contribution in [0.2, 0.25) is 0 Å². The molecule has 0 radical (unpaired) electrons. The van der Waals surface area contributed by atoms with Gasteiger partial charge < -0.3 is 0 Å². The van der Waals surface area contributed by atoms with Crippen LogP contribution >= 0.6 is 22.6 Å². The van der Waals surface area contributed by atoms with Gasteiger partial charge in [0.25, 0.3) is 0 Å². The van der Waals surface area contributed by atoms with E-state index in [9.17, 15) is 8.42 Å². The Labute approximate surface area is 98.7 Å². The Bertz CT molecular complexity index is 346. The zero-order valence-electron chi connectivity index (χ0n) is 7.95. The van der Waals surface area contributed by atoms with Gasteiger partial charge >= 0.3 is 0 Å². The Kier molecular flexibility index (Phi) is 3.18. The first-order valence-electron chi connectivity index (χ1n) is 4.94. The standard InChI is InChI=1S/C9H14INO2S/c10-8-4-6-11(7-5-8)14(12,13)9-2-1-3-9/h4,9H,1-3,5-7H2. The summed E-state index contributed by atoms with van der Waals surface area (Å²) in [6.45, 7) is 1.25. The van der Waals surface area contributed by atoms with E-state index in [2.05, 4.69) is 22.6 Å². The number of hydrogen-bond acceptors (Lipinski definition) is 2. The summed E-state index contributed by atoms with van der Waals surface area (Å²) in [6, 6.07) is 0. The van der Waals surface area contributed by atoms with Crippen molar-refractivity contribution in [3.05, 3.63) is 9.66 Å². The molecule has 1 heterocycles. The van der Waals surface area contributed by atoms with Crippen molar-refractivity contribution in [3.8, 4) is 0 Å². The molecule has 14 heavy (non-hydrogen) atoms. The molecular formula is C9H14INO2S. The average molecular weight is 327 g/mol. The van der Waals surface area contributed by atoms with Crippen LogP contribution in [0, 0.1) is 0 Å². The highest BCUT2D eigenvalue weighted by molar-refractivity contribution is 14.1. The van der Waals surface area contributed by atoms with Gasteiger partial charge in [0.2, 0.25) is 10.0 Å². The van der Waals surface area contributed by atoms with Gasteiger partial charge in [-0.2, -0.15) is 4.31 Å². The minimum absolute atomic E-state index is 0.0772. The SMILES string of the molecule is O=S(=O)(C1CCC1)N1CC=C(I)CC1. The molecule has 1 aliphatic heterocycles. The van der Waals surface area contributed by atoms with Crippen molar-refractivity contribution in [2.24, 2.45) is 0 Å². The maximum Gasteiger partial charge on any atom is 0.217 e. The summed E-state index contributed by atoms with van der Waals surface area (Å²) in [7, 11) is -2.96. The fraction of sp³-hybridized carbons (Fsp3) is 0.778. The first-order chi connectivity index (χ1) is 6.60. The first-order valence-corrected chi connectivity index (χ1v) is 7.52. The normalized spacial score (nSPS) is 25.6. The third-order valence-corrected chi connectivity index (χ3v) is 6.29. The summed E-state index contributed by atoms with van der Waals surface area (Å²) >= 11 is 2.28. The minimum Gasteiger partial charge on any atom is -0.212 e. The molecule has 80 valence electrons. The van der Waals surface area contributed by atoms with Crippen LogP contribution < -0.4 is 0 Å². The van der Waals surface area contributed by atoms with Crippen molar-refractivity contribution in [1.29, 1.82) is 0 Å². The summed E-state index contributed by atoms with van der Waals surface area (Å²) in [5.41, 5.74) is 0. The largest absolute Gasteiger partial charge is 0.217 e. The molecule has 1 aliphatic carbocycles. The molecular weight excluding hydrogens is 313 g/mol. The van der Waals surface area contributed by atoms with E-state index >= 15 is 0 Å². The van der Waals surface area contributed by atoms with Gasteiger partial charge in [-0.25, -0.2) is 8.42 Å². The van der Waals surface area contributed by atoms with Crippen LogP contribution in [0.5, 0.6) is 0 Å². The van der Waals surface area contributed by atoms with Gasteiger partial charge in [-0.1, -0.05) is 12.5 Å². The molecule has 3 nitrogen and oxygen atoms in total. The predicted molar refractivity (Wildman–Crippen MR) is 64.9 cm³/mol. The molecule has 2 rings (SSSR count). The van der Waals surface area contributed by atoms with Crippen molar-refractivity contribution in [2.75, 3.05) is 13.1 Å². The smallest absolute Gasteiger partial charge is 0.212 e. The minimum atomic E-state index is -2.96. The highest BCUT2D eigenvalue weighted by atomic mass is 127. The molecule has 0 amide bonds. The van der Waals surface area contributed by atoms with Gasteiger partial charge in [-0.05, 0) is 45.4 Å². The van der Waals surface area contributed by atoms with Gasteiger partial charge in [0.15, 0.2) is 0 Å². The van der Waals surface area contributed by atoms with Crippen LogP contribution in [0.25, 0.3) is 0 Å². The Morgan fingerprint density at radius 1 is 1.43 bits per heavy atom. The Balaban J connectivity index is 2.08. The molecule has 2 aliphatic rings. The molecule has 1 saturated carbocycles. The monoisotopic (exact) mass is 327 g/mol. The molecule has 0 aromatic heterocycles. The molecule has 0 aromatic carbocycles. The molecule has 0 saturated heterocycles. The first kappa shape index (κ1) is 10.9. The van der Waals surface area contributed by atoms with Crippen LogP contribution in [-0.4, -0.2) is 31.1 Å². The molecule has 0 N–H and O–H groups in total. The van der Waals surface area contributed by atoms with E-state index < -0.39 is 10.0 Å². The molecule has 5 heteroatoms. The van der Waals surface area contributed by atoms with Crippen LogP contribution in [0.3, 0.4) is 0 Å². The molecule has 0 spiro atoms. The predicted octanol–water partition coefficient (Wildman–Crippen LogP) is 1.89. The second-order valence-corrected chi connectivity index (χ2v) is 7.46. The van der Waals surface area contributed by atoms with Crippen LogP contribution in [0.1, 0.15) is 25.7 Å². The third-order valence-electron chi connectivity index (χ3n) is 2.95. The van der Waals surface area contributed by atoms with Gasteiger partial charge in [-0.3, -0.25) is 0 Å². The van der Waals surface area contributed by atoms with Crippen LogP contribution in [0.4, 0.5) is 0 Å². The van der Waals surface area contributed by atoms with Gasteiger partial charge in [-0.15, -0.1) is 0 Å². The Morgan fingerprint density at radius 2 is 2.14 bits per heavy atom. The van der Waals surface area contributed by atoms with Gasteiger partial charge in [0.1, 0.15) is 0 Å². The third kappa shape index (κ3) is 1.99. The summed E-state index contributed by atoms with van der Waals surface area (Å²) in [6.07, 6.45) is 5.69. The second kappa shape index (κ2) is 4.09.